The number of nitrogens with zero attached hydrogens (tertiary/aromatic N) is 4. The largest absolute Gasteiger partial charge is 0.399 e. The van der Waals surface area contributed by atoms with E-state index in [-0.39, 0.29) is 5.82 Å². The monoisotopic (exact) mass is 270 g/mol. The van der Waals surface area contributed by atoms with E-state index < -0.39 is 0 Å². The van der Waals surface area contributed by atoms with E-state index in [0.717, 1.165) is 0 Å². The van der Waals surface area contributed by atoms with Crippen molar-refractivity contribution in [2.24, 2.45) is 0 Å². The first kappa shape index (κ1) is 12.1. The summed E-state index contributed by atoms with van der Waals surface area (Å²) in [5.74, 6) is 0.143. The van der Waals surface area contributed by atoms with Crippen molar-refractivity contribution in [1.29, 1.82) is 0 Å². The van der Waals surface area contributed by atoms with E-state index >= 15 is 0 Å². The van der Waals surface area contributed by atoms with Crippen molar-refractivity contribution in [3.05, 3.63) is 48.3 Å². The van der Waals surface area contributed by atoms with E-state index in [1.165, 1.54) is 16.8 Å². The Morgan fingerprint density at radius 1 is 1.00 bits per heavy atom. The predicted octanol–water partition coefficient (Wildman–Crippen LogP) is 1.63. The molecule has 1 aromatic heterocycles. The van der Waals surface area contributed by atoms with Crippen LogP contribution in [-0.2, 0) is 0 Å². The molecule has 0 bridgehead atoms. The van der Waals surface area contributed by atoms with Crippen molar-refractivity contribution < 1.29 is 4.39 Å². The number of aromatic nitrogens is 4. The van der Waals surface area contributed by atoms with Crippen LogP contribution >= 0.6 is 0 Å². The molecule has 20 heavy (non-hydrogen) atoms. The number of tetrazole rings is 1. The van der Waals surface area contributed by atoms with E-state index in [4.69, 9.17) is 11.5 Å². The molecule has 0 unspecified atom stereocenters. The molecule has 0 aliphatic rings. The number of hydrogen-bond donors (Lipinski definition) is 2. The van der Waals surface area contributed by atoms with Crippen LogP contribution in [0.2, 0.25) is 0 Å². The number of benzene rings is 2. The maximum absolute atomic E-state index is 13.0. The SMILES string of the molecule is Nc1ccc(-c2nnnn2-c2ccc(F)cc2)c(N)c1. The standard InChI is InChI=1S/C13H11FN6/c14-8-1-4-10(5-2-8)20-13(17-18-19-20)11-6-3-9(15)7-12(11)16/h1-7H,15-16H2. The highest BCUT2D eigenvalue weighted by Crippen LogP contribution is 2.26. The van der Waals surface area contributed by atoms with Gasteiger partial charge in [-0.05, 0) is 52.9 Å². The molecule has 100 valence electrons. The third-order valence-corrected chi connectivity index (χ3v) is 2.86. The molecule has 0 atom stereocenters. The third kappa shape index (κ3) is 2.05. The van der Waals surface area contributed by atoms with Gasteiger partial charge in [0.2, 0.25) is 0 Å². The quantitative estimate of drug-likeness (QED) is 0.690. The van der Waals surface area contributed by atoms with Gasteiger partial charge in [-0.2, -0.15) is 4.68 Å². The van der Waals surface area contributed by atoms with Gasteiger partial charge in [-0.3, -0.25) is 0 Å². The Bertz CT molecular complexity index is 750. The number of halogens is 1. The van der Waals surface area contributed by atoms with E-state index in [1.807, 2.05) is 0 Å². The fourth-order valence-electron chi connectivity index (χ4n) is 1.90. The normalized spacial score (nSPS) is 10.7. The average Bonchev–Trinajstić information content (AvgIpc) is 2.88. The van der Waals surface area contributed by atoms with Gasteiger partial charge in [0, 0.05) is 16.9 Å². The van der Waals surface area contributed by atoms with Crippen molar-refractivity contribution in [2.45, 2.75) is 0 Å². The molecule has 6 nitrogen and oxygen atoms in total. The number of rotatable bonds is 2. The predicted molar refractivity (Wildman–Crippen MR) is 73.4 cm³/mol. The van der Waals surface area contributed by atoms with Crippen molar-refractivity contribution in [3.63, 3.8) is 0 Å². The van der Waals surface area contributed by atoms with Gasteiger partial charge in [0.05, 0.1) is 5.69 Å². The van der Waals surface area contributed by atoms with E-state index in [9.17, 15) is 4.39 Å². The highest BCUT2D eigenvalue weighted by Gasteiger charge is 2.13. The molecule has 0 amide bonds. The minimum atomic E-state index is -0.324. The fourth-order valence-corrected chi connectivity index (χ4v) is 1.90. The number of nitrogen functional groups attached to an aromatic ring is 2. The summed E-state index contributed by atoms with van der Waals surface area (Å²) in [4.78, 5) is 0. The molecule has 0 aliphatic heterocycles. The summed E-state index contributed by atoms with van der Waals surface area (Å²) in [6.07, 6.45) is 0. The van der Waals surface area contributed by atoms with Crippen LogP contribution in [0, 0.1) is 5.82 Å². The van der Waals surface area contributed by atoms with Crippen LogP contribution in [0.15, 0.2) is 42.5 Å². The number of nitrogens with two attached hydrogens (primary N) is 2. The molecule has 4 N–H and O–H groups in total. The second-order valence-corrected chi connectivity index (χ2v) is 4.24. The Labute approximate surface area is 113 Å². The molecule has 0 fully saturated rings. The van der Waals surface area contributed by atoms with Crippen molar-refractivity contribution in [2.75, 3.05) is 11.5 Å². The lowest BCUT2D eigenvalue weighted by Crippen LogP contribution is -2.02. The Morgan fingerprint density at radius 2 is 1.75 bits per heavy atom. The second-order valence-electron chi connectivity index (χ2n) is 4.24. The molecular weight excluding hydrogens is 259 g/mol. The van der Waals surface area contributed by atoms with Crippen molar-refractivity contribution in [1.82, 2.24) is 20.2 Å². The summed E-state index contributed by atoms with van der Waals surface area (Å²) in [7, 11) is 0. The molecular formula is C13H11FN6. The van der Waals surface area contributed by atoms with Crippen LogP contribution in [0.5, 0.6) is 0 Å². The zero-order valence-electron chi connectivity index (χ0n) is 10.4. The van der Waals surface area contributed by atoms with E-state index in [2.05, 4.69) is 15.5 Å². The van der Waals surface area contributed by atoms with Crippen LogP contribution in [0.3, 0.4) is 0 Å². The molecule has 1 heterocycles. The summed E-state index contributed by atoms with van der Waals surface area (Å²) in [6.45, 7) is 0. The molecule has 0 saturated carbocycles. The smallest absolute Gasteiger partial charge is 0.189 e. The molecule has 0 radical (unpaired) electrons. The number of hydrogen-bond acceptors (Lipinski definition) is 5. The molecule has 3 aromatic rings. The van der Waals surface area contributed by atoms with Gasteiger partial charge in [-0.15, -0.1) is 5.10 Å². The van der Waals surface area contributed by atoms with Gasteiger partial charge < -0.3 is 11.5 Å². The highest BCUT2D eigenvalue weighted by atomic mass is 19.1. The van der Waals surface area contributed by atoms with E-state index in [0.29, 0.717) is 28.5 Å². The summed E-state index contributed by atoms with van der Waals surface area (Å²) in [5, 5.41) is 11.5. The van der Waals surface area contributed by atoms with Crippen molar-refractivity contribution >= 4 is 11.4 Å². The lowest BCUT2D eigenvalue weighted by molar-refractivity contribution is 0.627. The minimum Gasteiger partial charge on any atom is -0.399 e. The summed E-state index contributed by atoms with van der Waals surface area (Å²) < 4.78 is 14.5. The van der Waals surface area contributed by atoms with Crippen LogP contribution in [0.25, 0.3) is 17.1 Å². The van der Waals surface area contributed by atoms with Gasteiger partial charge in [-0.25, -0.2) is 4.39 Å². The van der Waals surface area contributed by atoms with Crippen molar-refractivity contribution in [3.8, 4) is 17.1 Å². The lowest BCUT2D eigenvalue weighted by atomic mass is 10.1. The number of anilines is 2. The summed E-state index contributed by atoms with van der Waals surface area (Å²) in [5.41, 5.74) is 13.9. The Kier molecular flexibility index (Phi) is 2.79. The Balaban J connectivity index is 2.12. The van der Waals surface area contributed by atoms with Gasteiger partial charge in [0.1, 0.15) is 5.82 Å². The van der Waals surface area contributed by atoms with Gasteiger partial charge in [-0.1, -0.05) is 0 Å². The van der Waals surface area contributed by atoms with Gasteiger partial charge >= 0.3 is 0 Å². The molecule has 2 aromatic carbocycles. The zero-order valence-corrected chi connectivity index (χ0v) is 10.4. The summed E-state index contributed by atoms with van der Waals surface area (Å²) in [6, 6.07) is 11.0. The Hall–Kier alpha value is -2.96. The second kappa shape index (κ2) is 4.61. The topological polar surface area (TPSA) is 95.6 Å². The molecule has 0 aliphatic carbocycles. The molecule has 7 heteroatoms. The van der Waals surface area contributed by atoms with Crippen LogP contribution in [0.4, 0.5) is 15.8 Å². The van der Waals surface area contributed by atoms with E-state index in [1.54, 1.807) is 30.3 Å². The lowest BCUT2D eigenvalue weighted by Gasteiger charge is -2.07. The first-order valence-corrected chi connectivity index (χ1v) is 5.85. The zero-order chi connectivity index (χ0) is 14.1. The molecule has 0 saturated heterocycles. The summed E-state index contributed by atoms with van der Waals surface area (Å²) >= 11 is 0. The van der Waals surface area contributed by atoms with Crippen LogP contribution in [0.1, 0.15) is 0 Å². The van der Waals surface area contributed by atoms with Crippen LogP contribution < -0.4 is 11.5 Å². The Morgan fingerprint density at radius 3 is 2.45 bits per heavy atom. The van der Waals surface area contributed by atoms with Gasteiger partial charge in [0.25, 0.3) is 0 Å². The maximum atomic E-state index is 13.0. The van der Waals surface area contributed by atoms with Crippen LogP contribution in [-0.4, -0.2) is 20.2 Å². The average molecular weight is 270 g/mol. The molecule has 3 rings (SSSR count). The molecule has 0 spiro atoms. The first-order valence-electron chi connectivity index (χ1n) is 5.85. The first-order chi connectivity index (χ1) is 9.65. The maximum Gasteiger partial charge on any atom is 0.189 e. The highest BCUT2D eigenvalue weighted by molar-refractivity contribution is 5.75. The third-order valence-electron chi connectivity index (χ3n) is 2.86. The minimum absolute atomic E-state index is 0.324. The van der Waals surface area contributed by atoms with Gasteiger partial charge in [0.15, 0.2) is 5.82 Å². The fraction of sp³-hybridized carbons (Fsp3) is 0.